The molecule has 80 valence electrons. The topological polar surface area (TPSA) is 40.5 Å². The smallest absolute Gasteiger partial charge is 0.0431 e. The molecule has 0 rings (SSSR count). The molecule has 0 aliphatic rings. The molecule has 2 nitrogen and oxygen atoms in total. The van der Waals surface area contributed by atoms with Crippen LogP contribution in [0.3, 0.4) is 0 Å². The molecule has 0 aliphatic carbocycles. The maximum absolute atomic E-state index is 8.53. The van der Waals surface area contributed by atoms with E-state index in [9.17, 15) is 0 Å². The van der Waals surface area contributed by atoms with E-state index in [-0.39, 0.29) is 0 Å². The van der Waals surface area contributed by atoms with Gasteiger partial charge in [-0.1, -0.05) is 0 Å². The zero-order valence-electron chi connectivity index (χ0n) is 8.07. The quantitative estimate of drug-likeness (QED) is 0.439. The molecular formula is C9H20O2S2. The molecular weight excluding hydrogens is 204 g/mol. The Bertz CT molecular complexity index is 81.7. The highest BCUT2D eigenvalue weighted by Crippen LogP contribution is 2.14. The minimum atomic E-state index is 0.324. The van der Waals surface area contributed by atoms with Crippen molar-refractivity contribution >= 4 is 23.5 Å². The van der Waals surface area contributed by atoms with Crippen molar-refractivity contribution in [1.82, 2.24) is 0 Å². The van der Waals surface area contributed by atoms with Gasteiger partial charge in [0.25, 0.3) is 0 Å². The second-order valence-electron chi connectivity index (χ2n) is 2.80. The van der Waals surface area contributed by atoms with Crippen LogP contribution in [0.2, 0.25) is 0 Å². The van der Waals surface area contributed by atoms with Crippen molar-refractivity contribution in [2.24, 2.45) is 0 Å². The van der Waals surface area contributed by atoms with Gasteiger partial charge in [-0.2, -0.15) is 23.5 Å². The molecule has 0 amide bonds. The van der Waals surface area contributed by atoms with Crippen molar-refractivity contribution in [3.63, 3.8) is 0 Å². The van der Waals surface area contributed by atoms with E-state index in [4.69, 9.17) is 10.2 Å². The highest BCUT2D eigenvalue weighted by atomic mass is 32.2. The van der Waals surface area contributed by atoms with Crippen LogP contribution in [0.4, 0.5) is 0 Å². The molecule has 4 heteroatoms. The highest BCUT2D eigenvalue weighted by Gasteiger charge is 1.91. The van der Waals surface area contributed by atoms with E-state index >= 15 is 0 Å². The van der Waals surface area contributed by atoms with E-state index in [1.807, 2.05) is 23.5 Å². The standard InChI is InChI=1S/C9H20O2S2/c10-5-1-3-7-12-9-13-8-4-2-6-11/h10-11H,1-9H2. The first-order valence-electron chi connectivity index (χ1n) is 4.79. The fourth-order valence-electron chi connectivity index (χ4n) is 0.809. The van der Waals surface area contributed by atoms with Crippen molar-refractivity contribution in [3.8, 4) is 0 Å². The van der Waals surface area contributed by atoms with Crippen LogP contribution < -0.4 is 0 Å². The Morgan fingerprint density at radius 1 is 0.692 bits per heavy atom. The molecule has 0 bridgehead atoms. The number of aliphatic hydroxyl groups excluding tert-OH is 2. The first kappa shape index (κ1) is 13.6. The molecule has 0 spiro atoms. The number of aliphatic hydroxyl groups is 2. The maximum atomic E-state index is 8.53. The molecule has 0 saturated heterocycles. The zero-order chi connectivity index (χ0) is 9.78. The van der Waals surface area contributed by atoms with E-state index in [0.29, 0.717) is 13.2 Å². The molecule has 0 aliphatic heterocycles. The van der Waals surface area contributed by atoms with Crippen molar-refractivity contribution in [1.29, 1.82) is 0 Å². The lowest BCUT2D eigenvalue weighted by molar-refractivity contribution is 0.287. The van der Waals surface area contributed by atoms with Crippen LogP contribution in [0.15, 0.2) is 0 Å². The highest BCUT2D eigenvalue weighted by molar-refractivity contribution is 8.15. The summed E-state index contributed by atoms with van der Waals surface area (Å²) in [6.45, 7) is 0.647. The van der Waals surface area contributed by atoms with Crippen LogP contribution in [0, 0.1) is 0 Å². The van der Waals surface area contributed by atoms with Gasteiger partial charge in [-0.05, 0) is 37.2 Å². The second kappa shape index (κ2) is 12.6. The van der Waals surface area contributed by atoms with Crippen LogP contribution in [0.5, 0.6) is 0 Å². The zero-order valence-corrected chi connectivity index (χ0v) is 9.71. The summed E-state index contributed by atoms with van der Waals surface area (Å²) in [6.07, 6.45) is 4.11. The van der Waals surface area contributed by atoms with Crippen molar-refractivity contribution in [2.75, 3.05) is 29.8 Å². The van der Waals surface area contributed by atoms with Gasteiger partial charge < -0.3 is 10.2 Å². The Hall–Kier alpha value is 0.620. The van der Waals surface area contributed by atoms with Crippen molar-refractivity contribution < 1.29 is 10.2 Å². The summed E-state index contributed by atoms with van der Waals surface area (Å²) < 4.78 is 0. The molecule has 0 fully saturated rings. The van der Waals surface area contributed by atoms with Gasteiger partial charge in [0, 0.05) is 18.3 Å². The fourth-order valence-corrected chi connectivity index (χ4v) is 3.04. The average Bonchev–Trinajstić information content (AvgIpc) is 2.16. The summed E-state index contributed by atoms with van der Waals surface area (Å²) >= 11 is 3.88. The molecule has 0 heterocycles. The maximum Gasteiger partial charge on any atom is 0.0431 e. The van der Waals surface area contributed by atoms with E-state index in [1.54, 1.807) is 0 Å². The molecule has 13 heavy (non-hydrogen) atoms. The molecule has 0 unspecified atom stereocenters. The van der Waals surface area contributed by atoms with E-state index < -0.39 is 0 Å². The van der Waals surface area contributed by atoms with E-state index in [1.165, 1.54) is 0 Å². The molecule has 0 aromatic heterocycles. The first-order valence-corrected chi connectivity index (χ1v) is 7.10. The van der Waals surface area contributed by atoms with Gasteiger partial charge in [0.05, 0.1) is 0 Å². The molecule has 0 radical (unpaired) electrons. The largest absolute Gasteiger partial charge is 0.396 e. The third-order valence-corrected chi connectivity index (χ3v) is 4.05. The molecule has 0 saturated carbocycles. The van der Waals surface area contributed by atoms with Crippen LogP contribution >= 0.6 is 23.5 Å². The van der Waals surface area contributed by atoms with Crippen LogP contribution in [0.25, 0.3) is 0 Å². The lowest BCUT2D eigenvalue weighted by atomic mass is 10.4. The number of unbranched alkanes of at least 4 members (excludes halogenated alkanes) is 2. The second-order valence-corrected chi connectivity index (χ2v) is 5.37. The van der Waals surface area contributed by atoms with E-state index in [0.717, 1.165) is 42.3 Å². The molecule has 2 N–H and O–H groups in total. The molecule has 0 aromatic rings. The average molecular weight is 224 g/mol. The Morgan fingerprint density at radius 3 is 1.54 bits per heavy atom. The van der Waals surface area contributed by atoms with Crippen molar-refractivity contribution in [3.05, 3.63) is 0 Å². The number of hydrogen-bond donors (Lipinski definition) is 2. The monoisotopic (exact) mass is 224 g/mol. The van der Waals surface area contributed by atoms with Gasteiger partial charge in [-0.3, -0.25) is 0 Å². The number of rotatable bonds is 10. The summed E-state index contributed by atoms with van der Waals surface area (Å²) in [5.74, 6) is 2.32. The Kier molecular flexibility index (Phi) is 13.2. The van der Waals surface area contributed by atoms with Gasteiger partial charge in [0.2, 0.25) is 0 Å². The summed E-state index contributed by atoms with van der Waals surface area (Å²) in [7, 11) is 0. The summed E-state index contributed by atoms with van der Waals surface area (Å²) in [5.41, 5.74) is 0. The van der Waals surface area contributed by atoms with Crippen LogP contribution in [-0.4, -0.2) is 40.0 Å². The predicted molar refractivity (Wildman–Crippen MR) is 62.4 cm³/mol. The Morgan fingerprint density at radius 2 is 1.15 bits per heavy atom. The van der Waals surface area contributed by atoms with Crippen LogP contribution in [0.1, 0.15) is 25.7 Å². The lowest BCUT2D eigenvalue weighted by Crippen LogP contribution is -1.88. The molecule has 0 aromatic carbocycles. The third-order valence-electron chi connectivity index (χ3n) is 1.56. The number of hydrogen-bond acceptors (Lipinski definition) is 4. The molecule has 0 atom stereocenters. The first-order chi connectivity index (χ1) is 6.41. The van der Waals surface area contributed by atoms with Gasteiger partial charge in [0.1, 0.15) is 0 Å². The van der Waals surface area contributed by atoms with E-state index in [2.05, 4.69) is 0 Å². The van der Waals surface area contributed by atoms with Gasteiger partial charge in [-0.15, -0.1) is 0 Å². The van der Waals surface area contributed by atoms with Gasteiger partial charge >= 0.3 is 0 Å². The van der Waals surface area contributed by atoms with Gasteiger partial charge in [0.15, 0.2) is 0 Å². The minimum Gasteiger partial charge on any atom is -0.396 e. The van der Waals surface area contributed by atoms with Gasteiger partial charge in [-0.25, -0.2) is 0 Å². The Balaban J connectivity index is 2.76. The summed E-state index contributed by atoms with van der Waals surface area (Å²) in [6, 6.07) is 0. The SMILES string of the molecule is OCCCCSCSCCCCO. The third kappa shape index (κ3) is 12.6. The Labute approximate surface area is 89.5 Å². The summed E-state index contributed by atoms with van der Waals surface area (Å²) in [4.78, 5) is 0. The van der Waals surface area contributed by atoms with Crippen molar-refractivity contribution in [2.45, 2.75) is 25.7 Å². The lowest BCUT2D eigenvalue weighted by Gasteiger charge is -2.00. The minimum absolute atomic E-state index is 0.324. The normalized spacial score (nSPS) is 10.6. The fraction of sp³-hybridized carbons (Fsp3) is 1.00. The number of thioether (sulfide) groups is 2. The summed E-state index contributed by atoms with van der Waals surface area (Å²) in [5, 5.41) is 18.2. The predicted octanol–water partition coefficient (Wildman–Crippen LogP) is 1.96. The van der Waals surface area contributed by atoms with Crippen LogP contribution in [-0.2, 0) is 0 Å².